The number of ether oxygens (including phenoxy) is 1. The number of benzene rings is 1. The summed E-state index contributed by atoms with van der Waals surface area (Å²) >= 11 is 5.04. The normalized spacial score (nSPS) is 13.8. The van der Waals surface area contributed by atoms with Crippen LogP contribution in [0, 0.1) is 0 Å². The lowest BCUT2D eigenvalue weighted by molar-refractivity contribution is -0.110. The van der Waals surface area contributed by atoms with Crippen LogP contribution < -0.4 is 15.4 Å². The first-order chi connectivity index (χ1) is 8.70. The highest BCUT2D eigenvalue weighted by Crippen LogP contribution is 2.24. The van der Waals surface area contributed by atoms with Gasteiger partial charge in [-0.1, -0.05) is 24.4 Å². The second-order valence-electron chi connectivity index (χ2n) is 4.13. The lowest BCUT2D eigenvalue weighted by Gasteiger charge is -2.12. The van der Waals surface area contributed by atoms with Crippen molar-refractivity contribution in [3.63, 3.8) is 0 Å². The minimum atomic E-state index is -0.288. The Balaban J connectivity index is 1.98. The van der Waals surface area contributed by atoms with E-state index in [1.807, 2.05) is 25.1 Å². The molecule has 18 heavy (non-hydrogen) atoms. The van der Waals surface area contributed by atoms with Crippen LogP contribution in [0.1, 0.15) is 19.8 Å². The molecular formula is C13H16N2O2S. The van der Waals surface area contributed by atoms with Gasteiger partial charge in [0.05, 0.1) is 12.3 Å². The van der Waals surface area contributed by atoms with E-state index in [4.69, 9.17) is 17.0 Å². The number of nitrogens with one attached hydrogen (secondary N) is 2. The molecule has 2 N–H and O–H groups in total. The third-order valence-corrected chi connectivity index (χ3v) is 2.86. The Morgan fingerprint density at radius 1 is 1.44 bits per heavy atom. The highest BCUT2D eigenvalue weighted by atomic mass is 32.1. The molecule has 0 aliphatic heterocycles. The van der Waals surface area contributed by atoms with Crippen molar-refractivity contribution < 1.29 is 9.53 Å². The van der Waals surface area contributed by atoms with Crippen LogP contribution in [0.25, 0.3) is 0 Å². The summed E-state index contributed by atoms with van der Waals surface area (Å²) in [5.74, 6) is 0.367. The van der Waals surface area contributed by atoms with E-state index in [1.54, 1.807) is 6.07 Å². The van der Waals surface area contributed by atoms with Crippen molar-refractivity contribution >= 4 is 28.8 Å². The van der Waals surface area contributed by atoms with E-state index in [2.05, 4.69) is 10.6 Å². The predicted molar refractivity (Wildman–Crippen MR) is 75.0 cm³/mol. The standard InChI is InChI=1S/C13H16N2O2S/c1-2-17-11-6-4-3-5-10(11)15-12(16)13(18)14-9-7-8-9/h3-6,9H,2,7-8H2,1H3,(H,14,18)(H,15,16). The average Bonchev–Trinajstić information content (AvgIpc) is 3.16. The summed E-state index contributed by atoms with van der Waals surface area (Å²) < 4.78 is 5.43. The second-order valence-corrected chi connectivity index (χ2v) is 4.54. The Kier molecular flexibility index (Phi) is 4.15. The minimum Gasteiger partial charge on any atom is -0.492 e. The summed E-state index contributed by atoms with van der Waals surface area (Å²) in [6.45, 7) is 2.45. The molecule has 0 heterocycles. The molecule has 0 bridgehead atoms. The summed E-state index contributed by atoms with van der Waals surface area (Å²) in [7, 11) is 0. The maximum absolute atomic E-state index is 11.9. The number of amides is 1. The molecule has 0 aromatic heterocycles. The van der Waals surface area contributed by atoms with Crippen molar-refractivity contribution in [1.82, 2.24) is 5.32 Å². The molecule has 5 heteroatoms. The SMILES string of the molecule is CCOc1ccccc1NC(=O)C(=S)NC1CC1. The molecule has 0 radical (unpaired) electrons. The fourth-order valence-corrected chi connectivity index (χ4v) is 1.73. The van der Waals surface area contributed by atoms with Gasteiger partial charge in [-0.05, 0) is 31.9 Å². The monoisotopic (exact) mass is 264 g/mol. The molecule has 4 nitrogen and oxygen atoms in total. The smallest absolute Gasteiger partial charge is 0.283 e. The largest absolute Gasteiger partial charge is 0.492 e. The summed E-state index contributed by atoms with van der Waals surface area (Å²) in [5, 5.41) is 5.76. The first kappa shape index (κ1) is 12.8. The second kappa shape index (κ2) is 5.82. The van der Waals surface area contributed by atoms with Crippen molar-refractivity contribution in [2.24, 2.45) is 0 Å². The van der Waals surface area contributed by atoms with Gasteiger partial charge in [0.2, 0.25) is 0 Å². The molecule has 1 aliphatic carbocycles. The molecule has 0 atom stereocenters. The number of carbonyl (C=O) groups is 1. The number of thiocarbonyl (C=S) groups is 1. The zero-order valence-corrected chi connectivity index (χ0v) is 11.0. The van der Waals surface area contributed by atoms with Crippen LogP contribution in [0.5, 0.6) is 5.75 Å². The molecule has 1 amide bonds. The van der Waals surface area contributed by atoms with Gasteiger partial charge in [0.1, 0.15) is 5.75 Å². The molecule has 1 fully saturated rings. The van der Waals surface area contributed by atoms with Gasteiger partial charge in [0.25, 0.3) is 5.91 Å². The third-order valence-electron chi connectivity index (χ3n) is 2.55. The van der Waals surface area contributed by atoms with Gasteiger partial charge in [-0.2, -0.15) is 0 Å². The molecule has 1 aliphatic rings. The van der Waals surface area contributed by atoms with Gasteiger partial charge in [-0.25, -0.2) is 0 Å². The lowest BCUT2D eigenvalue weighted by Crippen LogP contribution is -2.35. The van der Waals surface area contributed by atoms with E-state index in [0.717, 1.165) is 12.8 Å². The van der Waals surface area contributed by atoms with Crippen LogP contribution in [0.3, 0.4) is 0 Å². The van der Waals surface area contributed by atoms with Gasteiger partial charge < -0.3 is 15.4 Å². The number of anilines is 1. The molecule has 0 saturated heterocycles. The van der Waals surface area contributed by atoms with E-state index in [1.165, 1.54) is 0 Å². The van der Waals surface area contributed by atoms with Crippen molar-refractivity contribution in [3.8, 4) is 5.75 Å². The number of rotatable bonds is 4. The van der Waals surface area contributed by atoms with E-state index in [0.29, 0.717) is 24.1 Å². The predicted octanol–water partition coefficient (Wildman–Crippen LogP) is 2.10. The number of carbonyl (C=O) groups excluding carboxylic acids is 1. The summed E-state index contributed by atoms with van der Waals surface area (Å²) in [5.41, 5.74) is 0.643. The Morgan fingerprint density at radius 2 is 2.17 bits per heavy atom. The first-order valence-electron chi connectivity index (χ1n) is 6.04. The van der Waals surface area contributed by atoms with Crippen LogP contribution in [-0.4, -0.2) is 23.5 Å². The summed E-state index contributed by atoms with van der Waals surface area (Å²) in [6.07, 6.45) is 2.17. The average molecular weight is 264 g/mol. The van der Waals surface area contributed by atoms with Gasteiger partial charge in [0.15, 0.2) is 4.99 Å². The number of hydrogen-bond acceptors (Lipinski definition) is 3. The Bertz CT molecular complexity index is 458. The Labute approximate surface area is 112 Å². The van der Waals surface area contributed by atoms with E-state index in [9.17, 15) is 4.79 Å². The number of hydrogen-bond donors (Lipinski definition) is 2. The van der Waals surface area contributed by atoms with Crippen LogP contribution in [0.15, 0.2) is 24.3 Å². The highest BCUT2D eigenvalue weighted by Gasteiger charge is 2.24. The molecule has 2 rings (SSSR count). The van der Waals surface area contributed by atoms with Gasteiger partial charge in [0, 0.05) is 6.04 Å². The highest BCUT2D eigenvalue weighted by molar-refractivity contribution is 7.82. The number of para-hydroxylation sites is 2. The van der Waals surface area contributed by atoms with E-state index in [-0.39, 0.29) is 10.9 Å². The quantitative estimate of drug-likeness (QED) is 0.818. The van der Waals surface area contributed by atoms with Crippen LogP contribution >= 0.6 is 12.2 Å². The molecule has 0 spiro atoms. The molecule has 1 aromatic rings. The van der Waals surface area contributed by atoms with Crippen LogP contribution in [0.2, 0.25) is 0 Å². The molecule has 1 aromatic carbocycles. The summed E-state index contributed by atoms with van der Waals surface area (Å²) in [4.78, 5) is 12.1. The van der Waals surface area contributed by atoms with Gasteiger partial charge in [-0.3, -0.25) is 4.79 Å². The van der Waals surface area contributed by atoms with Gasteiger partial charge in [-0.15, -0.1) is 0 Å². The van der Waals surface area contributed by atoms with Crippen molar-refractivity contribution in [1.29, 1.82) is 0 Å². The topological polar surface area (TPSA) is 50.4 Å². The van der Waals surface area contributed by atoms with Gasteiger partial charge >= 0.3 is 0 Å². The fourth-order valence-electron chi connectivity index (χ4n) is 1.51. The molecule has 96 valence electrons. The van der Waals surface area contributed by atoms with E-state index < -0.39 is 0 Å². The van der Waals surface area contributed by atoms with Crippen LogP contribution in [-0.2, 0) is 4.79 Å². The van der Waals surface area contributed by atoms with Crippen molar-refractivity contribution in [2.75, 3.05) is 11.9 Å². The lowest BCUT2D eigenvalue weighted by atomic mass is 10.3. The van der Waals surface area contributed by atoms with E-state index >= 15 is 0 Å². The Morgan fingerprint density at radius 3 is 2.83 bits per heavy atom. The summed E-state index contributed by atoms with van der Waals surface area (Å²) in [6, 6.07) is 7.70. The van der Waals surface area contributed by atoms with Crippen molar-refractivity contribution in [2.45, 2.75) is 25.8 Å². The first-order valence-corrected chi connectivity index (χ1v) is 6.45. The maximum Gasteiger partial charge on any atom is 0.283 e. The Hall–Kier alpha value is -1.62. The molecule has 1 saturated carbocycles. The molecule has 0 unspecified atom stereocenters. The zero-order valence-electron chi connectivity index (χ0n) is 10.2. The van der Waals surface area contributed by atoms with Crippen molar-refractivity contribution in [3.05, 3.63) is 24.3 Å². The maximum atomic E-state index is 11.9. The van der Waals surface area contributed by atoms with Crippen LogP contribution in [0.4, 0.5) is 5.69 Å². The fraction of sp³-hybridized carbons (Fsp3) is 0.385. The third kappa shape index (κ3) is 3.43. The minimum absolute atomic E-state index is 0.240. The zero-order chi connectivity index (χ0) is 13.0. The molecular weight excluding hydrogens is 248 g/mol.